The van der Waals surface area contributed by atoms with Crippen LogP contribution in [0.1, 0.15) is 35.6 Å². The highest BCUT2D eigenvalue weighted by atomic mass is 19.1. The van der Waals surface area contributed by atoms with Gasteiger partial charge in [0.25, 0.3) is 5.91 Å². The molecule has 2 aromatic carbocycles. The zero-order chi connectivity index (χ0) is 26.5. The Morgan fingerprint density at radius 2 is 1.84 bits per heavy atom. The van der Waals surface area contributed by atoms with Gasteiger partial charge in [-0.05, 0) is 55.2 Å². The van der Waals surface area contributed by atoms with Crippen molar-refractivity contribution in [2.45, 2.75) is 27.2 Å². The van der Waals surface area contributed by atoms with Gasteiger partial charge in [0, 0.05) is 24.4 Å². The minimum atomic E-state index is -0.706. The fourth-order valence-corrected chi connectivity index (χ4v) is 3.67. The van der Waals surface area contributed by atoms with Crippen molar-refractivity contribution in [1.29, 1.82) is 0 Å². The highest BCUT2D eigenvalue weighted by Gasteiger charge is 2.15. The van der Waals surface area contributed by atoms with Crippen molar-refractivity contribution in [1.82, 2.24) is 14.8 Å². The lowest BCUT2D eigenvalue weighted by atomic mass is 10.1. The Kier molecular flexibility index (Phi) is 7.47. The number of benzene rings is 2. The van der Waals surface area contributed by atoms with E-state index in [4.69, 9.17) is 10.5 Å². The minimum Gasteiger partial charge on any atom is -0.457 e. The molecule has 4 aromatic rings. The van der Waals surface area contributed by atoms with Gasteiger partial charge in [-0.2, -0.15) is 5.10 Å². The van der Waals surface area contributed by atoms with Gasteiger partial charge in [-0.25, -0.2) is 13.9 Å². The smallest absolute Gasteiger partial charge is 0.324 e. The topological polar surface area (TPSA) is 124 Å². The van der Waals surface area contributed by atoms with Gasteiger partial charge in [0.05, 0.1) is 17.1 Å². The highest BCUT2D eigenvalue weighted by molar-refractivity contribution is 5.99. The van der Waals surface area contributed by atoms with E-state index in [2.05, 4.69) is 34.6 Å². The summed E-state index contributed by atoms with van der Waals surface area (Å²) in [5.41, 5.74) is 7.89. The summed E-state index contributed by atoms with van der Waals surface area (Å²) in [6.07, 6.45) is 2.10. The number of nitrogens with zero attached hydrogens (tertiary/aromatic N) is 3. The minimum absolute atomic E-state index is 0.0226. The van der Waals surface area contributed by atoms with Crippen LogP contribution in [0.4, 0.5) is 20.7 Å². The van der Waals surface area contributed by atoms with E-state index in [0.717, 1.165) is 29.4 Å². The largest absolute Gasteiger partial charge is 0.457 e. The third kappa shape index (κ3) is 6.49. The number of urea groups is 1. The first kappa shape index (κ1) is 25.4. The molecule has 0 saturated carbocycles. The van der Waals surface area contributed by atoms with Crippen LogP contribution < -0.4 is 21.1 Å². The number of nitrogens with two attached hydrogens (primary N) is 1. The van der Waals surface area contributed by atoms with Crippen LogP contribution in [0.3, 0.4) is 0 Å². The number of primary amides is 1. The van der Waals surface area contributed by atoms with Crippen molar-refractivity contribution >= 4 is 23.4 Å². The number of amides is 3. The number of carbonyl (C=O) groups excluding carboxylic acids is 2. The fraction of sp³-hybridized carbons (Fsp3) is 0.185. The number of hydrogen-bond donors (Lipinski definition) is 3. The number of rotatable bonds is 8. The molecule has 0 unspecified atom stereocenters. The van der Waals surface area contributed by atoms with Crippen molar-refractivity contribution in [2.75, 3.05) is 10.6 Å². The van der Waals surface area contributed by atoms with Crippen molar-refractivity contribution in [3.63, 3.8) is 0 Å². The monoisotopic (exact) mass is 502 g/mol. The van der Waals surface area contributed by atoms with Gasteiger partial charge >= 0.3 is 6.03 Å². The van der Waals surface area contributed by atoms with Crippen molar-refractivity contribution in [3.05, 3.63) is 89.6 Å². The molecule has 4 rings (SSSR count). The normalized spacial score (nSPS) is 10.8. The quantitative estimate of drug-likeness (QED) is 0.296. The highest BCUT2D eigenvalue weighted by Crippen LogP contribution is 2.26. The zero-order valence-corrected chi connectivity index (χ0v) is 20.7. The molecule has 2 heterocycles. The van der Waals surface area contributed by atoms with Gasteiger partial charge < -0.3 is 15.8 Å². The second-order valence-electron chi connectivity index (χ2n) is 8.93. The average Bonchev–Trinajstić information content (AvgIpc) is 3.22. The molecule has 4 N–H and O–H groups in total. The number of aryl methyl sites for hydroxylation is 1. The predicted molar refractivity (Wildman–Crippen MR) is 139 cm³/mol. The molecule has 0 spiro atoms. The second-order valence-corrected chi connectivity index (χ2v) is 8.93. The number of nitrogens with one attached hydrogen (secondary N) is 2. The Bertz CT molecular complexity index is 1450. The molecule has 10 heteroatoms. The van der Waals surface area contributed by atoms with Crippen LogP contribution in [0, 0.1) is 18.7 Å². The number of pyridine rings is 1. The zero-order valence-electron chi connectivity index (χ0n) is 20.7. The number of aromatic nitrogens is 3. The number of hydrogen-bond acceptors (Lipinski definition) is 5. The Morgan fingerprint density at radius 3 is 2.54 bits per heavy atom. The fourth-order valence-electron chi connectivity index (χ4n) is 3.67. The third-order valence-electron chi connectivity index (χ3n) is 5.27. The summed E-state index contributed by atoms with van der Waals surface area (Å²) in [6.45, 7) is 6.16. The van der Waals surface area contributed by atoms with Crippen LogP contribution in [0.15, 0.2) is 66.9 Å². The van der Waals surface area contributed by atoms with Gasteiger partial charge in [0.2, 0.25) is 0 Å². The average molecular weight is 503 g/mol. The Morgan fingerprint density at radius 1 is 1.05 bits per heavy atom. The Balaban J connectivity index is 1.49. The van der Waals surface area contributed by atoms with E-state index >= 15 is 0 Å². The van der Waals surface area contributed by atoms with Crippen LogP contribution in [-0.4, -0.2) is 26.7 Å². The lowest BCUT2D eigenvalue weighted by Gasteiger charge is -2.12. The Labute approximate surface area is 213 Å². The predicted octanol–water partition coefficient (Wildman–Crippen LogP) is 5.45. The van der Waals surface area contributed by atoms with Crippen LogP contribution >= 0.6 is 0 Å². The summed E-state index contributed by atoms with van der Waals surface area (Å²) >= 11 is 0. The van der Waals surface area contributed by atoms with E-state index in [1.807, 2.05) is 37.3 Å². The molecule has 0 atom stereocenters. The molecule has 190 valence electrons. The van der Waals surface area contributed by atoms with E-state index in [1.165, 1.54) is 30.5 Å². The molecule has 0 bridgehead atoms. The number of halogens is 1. The van der Waals surface area contributed by atoms with Crippen LogP contribution in [-0.2, 0) is 6.42 Å². The second kappa shape index (κ2) is 10.9. The standard InChI is InChI=1S/C27H27FN6O3/c1-16(2)11-18-13-25(34(33-18)19-6-4-5-17(3)12-19)32-27(36)31-23-8-7-20(14-22(23)28)37-21-9-10-30-24(15-21)26(29)35/h4-10,12-16H,11H2,1-3H3,(H2,29,35)(H2,31,32,36). The van der Waals surface area contributed by atoms with E-state index in [0.29, 0.717) is 11.7 Å². The van der Waals surface area contributed by atoms with Crippen molar-refractivity contribution in [2.24, 2.45) is 11.7 Å². The van der Waals surface area contributed by atoms with Crippen LogP contribution in [0.2, 0.25) is 0 Å². The summed E-state index contributed by atoms with van der Waals surface area (Å²) in [6, 6.07) is 15.8. The Hall–Kier alpha value is -4.73. The molecular formula is C27H27FN6O3. The van der Waals surface area contributed by atoms with Crippen molar-refractivity contribution < 1.29 is 18.7 Å². The van der Waals surface area contributed by atoms with E-state index < -0.39 is 17.8 Å². The maximum absolute atomic E-state index is 14.8. The lowest BCUT2D eigenvalue weighted by Crippen LogP contribution is -2.22. The molecular weight excluding hydrogens is 475 g/mol. The molecule has 0 saturated heterocycles. The molecule has 2 aromatic heterocycles. The third-order valence-corrected chi connectivity index (χ3v) is 5.27. The van der Waals surface area contributed by atoms with Crippen molar-refractivity contribution in [3.8, 4) is 17.2 Å². The van der Waals surface area contributed by atoms with E-state index in [9.17, 15) is 14.0 Å². The number of carbonyl (C=O) groups is 2. The SMILES string of the molecule is Cc1cccc(-n2nc(CC(C)C)cc2NC(=O)Nc2ccc(Oc3ccnc(C(N)=O)c3)cc2F)c1. The summed E-state index contributed by atoms with van der Waals surface area (Å²) in [7, 11) is 0. The summed E-state index contributed by atoms with van der Waals surface area (Å²) in [5.74, 6) is -0.134. The lowest BCUT2D eigenvalue weighted by molar-refractivity contribution is 0.0995. The van der Waals surface area contributed by atoms with Gasteiger partial charge in [-0.1, -0.05) is 26.0 Å². The first-order chi connectivity index (χ1) is 17.7. The number of ether oxygens (including phenoxy) is 1. The van der Waals surface area contributed by atoms with Gasteiger partial charge in [0.15, 0.2) is 0 Å². The van der Waals surface area contributed by atoms with Gasteiger partial charge in [0.1, 0.15) is 28.8 Å². The molecule has 0 aliphatic heterocycles. The maximum Gasteiger partial charge on any atom is 0.324 e. The summed E-state index contributed by atoms with van der Waals surface area (Å²) in [4.78, 5) is 27.9. The molecule has 0 fully saturated rings. The first-order valence-corrected chi connectivity index (χ1v) is 11.6. The molecule has 0 aliphatic carbocycles. The molecule has 0 radical (unpaired) electrons. The van der Waals surface area contributed by atoms with Gasteiger partial charge in [-0.15, -0.1) is 0 Å². The molecule has 9 nitrogen and oxygen atoms in total. The molecule has 37 heavy (non-hydrogen) atoms. The van der Waals surface area contributed by atoms with E-state index in [1.54, 1.807) is 4.68 Å². The molecule has 0 aliphatic rings. The van der Waals surface area contributed by atoms with E-state index in [-0.39, 0.29) is 22.9 Å². The first-order valence-electron chi connectivity index (χ1n) is 11.6. The maximum atomic E-state index is 14.8. The van der Waals surface area contributed by atoms with Gasteiger partial charge in [-0.3, -0.25) is 15.1 Å². The molecule has 3 amide bonds. The van der Waals surface area contributed by atoms with Crippen LogP contribution in [0.25, 0.3) is 5.69 Å². The number of anilines is 2. The van der Waals surface area contributed by atoms with Crippen LogP contribution in [0.5, 0.6) is 11.5 Å². The summed E-state index contributed by atoms with van der Waals surface area (Å²) in [5, 5.41) is 9.95. The summed E-state index contributed by atoms with van der Waals surface area (Å²) < 4.78 is 22.0.